The van der Waals surface area contributed by atoms with Crippen molar-refractivity contribution < 1.29 is 9.84 Å². The van der Waals surface area contributed by atoms with Gasteiger partial charge in [-0.1, -0.05) is 25.1 Å². The van der Waals surface area contributed by atoms with Crippen molar-refractivity contribution in [1.82, 2.24) is 5.32 Å². The zero-order valence-corrected chi connectivity index (χ0v) is 12.5. The van der Waals surface area contributed by atoms with E-state index in [4.69, 9.17) is 4.74 Å². The topological polar surface area (TPSA) is 44.7 Å². The van der Waals surface area contributed by atoms with Crippen molar-refractivity contribution in [3.63, 3.8) is 0 Å². The van der Waals surface area contributed by atoms with E-state index in [1.807, 2.05) is 0 Å². The van der Waals surface area contributed by atoms with Crippen LogP contribution in [-0.4, -0.2) is 51.1 Å². The molecule has 0 amide bonds. The number of ether oxygens (including phenoxy) is 1. The molecule has 2 unspecified atom stereocenters. The Morgan fingerprint density at radius 1 is 1.45 bits per heavy atom. The molecule has 0 spiro atoms. The average Bonchev–Trinajstić information content (AvgIpc) is 2.43. The monoisotopic (exact) mass is 278 g/mol. The molecule has 2 rings (SSSR count). The highest BCUT2D eigenvalue weighted by atomic mass is 16.5. The predicted octanol–water partition coefficient (Wildman–Crippen LogP) is 1.28. The first-order valence-electron chi connectivity index (χ1n) is 7.41. The highest BCUT2D eigenvalue weighted by Gasteiger charge is 2.22. The fourth-order valence-electron chi connectivity index (χ4n) is 2.84. The number of nitrogens with one attached hydrogen (secondary N) is 1. The molecule has 0 bridgehead atoms. The van der Waals surface area contributed by atoms with Crippen molar-refractivity contribution in [3.8, 4) is 0 Å². The highest BCUT2D eigenvalue weighted by Crippen LogP contribution is 2.29. The van der Waals surface area contributed by atoms with Crippen LogP contribution < -0.4 is 10.2 Å². The maximum absolute atomic E-state index is 10.2. The first kappa shape index (κ1) is 15.3. The van der Waals surface area contributed by atoms with Gasteiger partial charge in [0.25, 0.3) is 0 Å². The molecule has 1 heterocycles. The Bertz CT molecular complexity index is 411. The summed E-state index contributed by atoms with van der Waals surface area (Å²) in [4.78, 5) is 2.31. The number of aliphatic hydroxyl groups is 1. The molecule has 0 aromatic heterocycles. The summed E-state index contributed by atoms with van der Waals surface area (Å²) in [5.41, 5.74) is 2.67. The minimum absolute atomic E-state index is 0.356. The van der Waals surface area contributed by atoms with Crippen LogP contribution in [0.1, 0.15) is 12.5 Å². The number of methoxy groups -OCH3 is 1. The number of fused-ring (bicyclic) bond motifs is 1. The molecule has 1 aromatic rings. The van der Waals surface area contributed by atoms with Gasteiger partial charge >= 0.3 is 0 Å². The number of aliphatic hydroxyl groups excluding tert-OH is 1. The van der Waals surface area contributed by atoms with Crippen molar-refractivity contribution in [1.29, 1.82) is 0 Å². The lowest BCUT2D eigenvalue weighted by Gasteiger charge is -2.36. The van der Waals surface area contributed by atoms with Crippen LogP contribution in [0.15, 0.2) is 24.3 Å². The van der Waals surface area contributed by atoms with E-state index in [9.17, 15) is 5.11 Å². The van der Waals surface area contributed by atoms with Gasteiger partial charge in [0, 0.05) is 39.0 Å². The van der Waals surface area contributed by atoms with E-state index >= 15 is 0 Å². The fraction of sp³-hybridized carbons (Fsp3) is 0.625. The Kier molecular flexibility index (Phi) is 5.83. The molecule has 0 saturated heterocycles. The SMILES string of the molecule is COCCNCC(O)CN1CC(C)Cc2ccccc21. The fourth-order valence-corrected chi connectivity index (χ4v) is 2.84. The van der Waals surface area contributed by atoms with Gasteiger partial charge in [-0.3, -0.25) is 0 Å². The molecule has 2 atom stereocenters. The van der Waals surface area contributed by atoms with Crippen LogP contribution in [0.4, 0.5) is 5.69 Å². The van der Waals surface area contributed by atoms with Gasteiger partial charge in [-0.05, 0) is 24.0 Å². The molecule has 4 heteroatoms. The second kappa shape index (κ2) is 7.62. The summed E-state index contributed by atoms with van der Waals surface area (Å²) in [7, 11) is 1.68. The van der Waals surface area contributed by atoms with Crippen molar-refractivity contribution in [2.75, 3.05) is 44.8 Å². The van der Waals surface area contributed by atoms with Gasteiger partial charge in [-0.2, -0.15) is 0 Å². The van der Waals surface area contributed by atoms with Crippen LogP contribution in [0.3, 0.4) is 0 Å². The normalized spacial score (nSPS) is 19.8. The van der Waals surface area contributed by atoms with E-state index in [1.54, 1.807) is 7.11 Å². The van der Waals surface area contributed by atoms with E-state index in [0.29, 0.717) is 25.6 Å². The number of nitrogens with zero attached hydrogens (tertiary/aromatic N) is 1. The summed E-state index contributed by atoms with van der Waals surface area (Å²) in [6, 6.07) is 8.52. The number of benzene rings is 1. The summed E-state index contributed by atoms with van der Waals surface area (Å²) >= 11 is 0. The molecule has 1 aliphatic heterocycles. The second-order valence-corrected chi connectivity index (χ2v) is 5.69. The molecule has 1 aliphatic rings. The lowest BCUT2D eigenvalue weighted by Crippen LogP contribution is -2.43. The quantitative estimate of drug-likeness (QED) is 0.738. The van der Waals surface area contributed by atoms with Crippen LogP contribution >= 0.6 is 0 Å². The van der Waals surface area contributed by atoms with Crippen LogP contribution in [0, 0.1) is 5.92 Å². The molecule has 112 valence electrons. The molecule has 0 saturated carbocycles. The summed E-state index contributed by atoms with van der Waals surface area (Å²) in [5, 5.41) is 13.4. The van der Waals surface area contributed by atoms with Crippen molar-refractivity contribution >= 4 is 5.69 Å². The maximum atomic E-state index is 10.2. The molecule has 0 radical (unpaired) electrons. The van der Waals surface area contributed by atoms with Crippen LogP contribution in [-0.2, 0) is 11.2 Å². The summed E-state index contributed by atoms with van der Waals surface area (Å²) < 4.78 is 4.98. The number of anilines is 1. The number of rotatable bonds is 7. The largest absolute Gasteiger partial charge is 0.390 e. The van der Waals surface area contributed by atoms with E-state index in [-0.39, 0.29) is 6.10 Å². The van der Waals surface area contributed by atoms with Gasteiger partial charge in [0.1, 0.15) is 0 Å². The molecule has 2 N–H and O–H groups in total. The maximum Gasteiger partial charge on any atom is 0.0839 e. The number of hydrogen-bond donors (Lipinski definition) is 2. The zero-order chi connectivity index (χ0) is 14.4. The first-order chi connectivity index (χ1) is 9.70. The van der Waals surface area contributed by atoms with E-state index in [0.717, 1.165) is 19.5 Å². The Hall–Kier alpha value is -1.10. The van der Waals surface area contributed by atoms with Crippen molar-refractivity contribution in [2.45, 2.75) is 19.4 Å². The minimum atomic E-state index is -0.356. The third-order valence-corrected chi connectivity index (χ3v) is 3.73. The molecular formula is C16H26N2O2. The molecule has 4 nitrogen and oxygen atoms in total. The van der Waals surface area contributed by atoms with Crippen LogP contribution in [0.25, 0.3) is 0 Å². The minimum Gasteiger partial charge on any atom is -0.390 e. The average molecular weight is 278 g/mol. The van der Waals surface area contributed by atoms with Gasteiger partial charge in [0.05, 0.1) is 12.7 Å². The van der Waals surface area contributed by atoms with Gasteiger partial charge in [-0.15, -0.1) is 0 Å². The van der Waals surface area contributed by atoms with E-state index < -0.39 is 0 Å². The third kappa shape index (κ3) is 4.20. The Morgan fingerprint density at radius 2 is 2.25 bits per heavy atom. The Labute approximate surface area is 121 Å². The number of para-hydroxylation sites is 1. The highest BCUT2D eigenvalue weighted by molar-refractivity contribution is 5.55. The zero-order valence-electron chi connectivity index (χ0n) is 12.5. The lowest BCUT2D eigenvalue weighted by atomic mass is 9.93. The third-order valence-electron chi connectivity index (χ3n) is 3.73. The van der Waals surface area contributed by atoms with E-state index in [2.05, 4.69) is 41.4 Å². The number of hydrogen-bond acceptors (Lipinski definition) is 4. The van der Waals surface area contributed by atoms with Crippen molar-refractivity contribution in [2.24, 2.45) is 5.92 Å². The first-order valence-corrected chi connectivity index (χ1v) is 7.41. The van der Waals surface area contributed by atoms with Crippen molar-refractivity contribution in [3.05, 3.63) is 29.8 Å². The second-order valence-electron chi connectivity index (χ2n) is 5.69. The summed E-state index contributed by atoms with van der Waals surface area (Å²) in [6.07, 6.45) is 0.778. The molecule has 0 fully saturated rings. The van der Waals surface area contributed by atoms with Gasteiger partial charge in [0.2, 0.25) is 0 Å². The van der Waals surface area contributed by atoms with Gasteiger partial charge in [-0.25, -0.2) is 0 Å². The standard InChI is InChI=1S/C16H26N2O2/c1-13-9-14-5-3-4-6-16(14)18(11-13)12-15(19)10-17-7-8-20-2/h3-6,13,15,17,19H,7-12H2,1-2H3. The van der Waals surface area contributed by atoms with E-state index in [1.165, 1.54) is 11.3 Å². The summed E-state index contributed by atoms with van der Waals surface area (Å²) in [5.74, 6) is 0.638. The predicted molar refractivity (Wildman–Crippen MR) is 82.3 cm³/mol. The molecule has 0 aliphatic carbocycles. The smallest absolute Gasteiger partial charge is 0.0839 e. The van der Waals surface area contributed by atoms with Crippen LogP contribution in [0.2, 0.25) is 0 Å². The Morgan fingerprint density at radius 3 is 3.05 bits per heavy atom. The molecule has 1 aromatic carbocycles. The summed E-state index contributed by atoms with van der Waals surface area (Å²) in [6.45, 7) is 6.03. The molecular weight excluding hydrogens is 252 g/mol. The Balaban J connectivity index is 1.89. The lowest BCUT2D eigenvalue weighted by molar-refractivity contribution is 0.162. The van der Waals surface area contributed by atoms with Gasteiger partial charge < -0.3 is 20.1 Å². The molecule has 20 heavy (non-hydrogen) atoms. The number of β-amino-alcohol motifs (C(OH)–C–C–N with tert-alkyl or cyclic N) is 1. The van der Waals surface area contributed by atoms with Crippen LogP contribution in [0.5, 0.6) is 0 Å². The van der Waals surface area contributed by atoms with Gasteiger partial charge in [0.15, 0.2) is 0 Å².